The number of alkyl halides is 1. The van der Waals surface area contributed by atoms with Crippen LogP contribution in [0.15, 0.2) is 30.5 Å². The third-order valence-corrected chi connectivity index (χ3v) is 3.63. The summed E-state index contributed by atoms with van der Waals surface area (Å²) in [6.07, 6.45) is 1.30. The van der Waals surface area contributed by atoms with Crippen molar-refractivity contribution in [1.29, 1.82) is 5.41 Å². The summed E-state index contributed by atoms with van der Waals surface area (Å²) in [6.45, 7) is 1.54. The molecule has 1 heterocycles. The summed E-state index contributed by atoms with van der Waals surface area (Å²) in [6, 6.07) is 6.18. The Morgan fingerprint density at radius 1 is 1.38 bits per heavy atom. The number of amides is 1. The number of hydrogen-bond donors (Lipinski definition) is 3. The Morgan fingerprint density at radius 3 is 2.71 bits per heavy atom. The van der Waals surface area contributed by atoms with Crippen LogP contribution in [0.2, 0.25) is 5.02 Å². The van der Waals surface area contributed by atoms with E-state index < -0.39 is 11.7 Å². The quantitative estimate of drug-likeness (QED) is 0.327. The van der Waals surface area contributed by atoms with Crippen molar-refractivity contribution in [2.24, 2.45) is 0 Å². The van der Waals surface area contributed by atoms with Gasteiger partial charge < -0.3 is 16.5 Å². The zero-order valence-corrected chi connectivity index (χ0v) is 14.2. The van der Waals surface area contributed by atoms with Gasteiger partial charge >= 0.3 is 0 Å². The van der Waals surface area contributed by atoms with Crippen molar-refractivity contribution < 1.29 is 9.59 Å². The Bertz CT molecular complexity index is 837. The SMILES string of the molecule is CC(=N)c1c(N)cccc1C(=O)c1ncc(Cl)cc1NC(=O)CCl. The second-order valence-electron chi connectivity index (χ2n) is 4.96. The molecule has 8 heteroatoms. The van der Waals surface area contributed by atoms with E-state index in [0.717, 1.165) is 0 Å². The maximum atomic E-state index is 12.9. The summed E-state index contributed by atoms with van der Waals surface area (Å²) < 4.78 is 0. The zero-order valence-electron chi connectivity index (χ0n) is 12.7. The molecule has 1 amide bonds. The lowest BCUT2D eigenvalue weighted by atomic mass is 9.96. The van der Waals surface area contributed by atoms with Crippen molar-refractivity contribution in [3.8, 4) is 0 Å². The molecule has 0 saturated carbocycles. The third kappa shape index (κ3) is 3.72. The number of nitrogens with one attached hydrogen (secondary N) is 2. The molecule has 1 aromatic carbocycles. The number of halogens is 2. The summed E-state index contributed by atoms with van der Waals surface area (Å²) in [4.78, 5) is 28.5. The standard InChI is InChI=1S/C16H14Cl2N4O2/c1-8(19)14-10(3-2-4-11(14)20)16(24)15-12(22-13(23)6-17)5-9(18)7-21-15/h2-5,7,19H,6,20H2,1H3,(H,22,23). The van der Waals surface area contributed by atoms with Crippen LogP contribution in [0, 0.1) is 5.41 Å². The van der Waals surface area contributed by atoms with Gasteiger partial charge in [0.1, 0.15) is 11.6 Å². The predicted octanol–water partition coefficient (Wildman–Crippen LogP) is 3.11. The number of carbonyl (C=O) groups excluding carboxylic acids is 2. The van der Waals surface area contributed by atoms with Crippen molar-refractivity contribution in [1.82, 2.24) is 4.98 Å². The summed E-state index contributed by atoms with van der Waals surface area (Å²) in [5, 5.41) is 10.6. The molecular weight excluding hydrogens is 351 g/mol. The summed E-state index contributed by atoms with van der Waals surface area (Å²) >= 11 is 11.4. The van der Waals surface area contributed by atoms with Crippen LogP contribution >= 0.6 is 23.2 Å². The van der Waals surface area contributed by atoms with Gasteiger partial charge in [-0.3, -0.25) is 9.59 Å². The molecule has 0 fully saturated rings. The van der Waals surface area contributed by atoms with E-state index >= 15 is 0 Å². The molecule has 2 rings (SSSR count). The van der Waals surface area contributed by atoms with E-state index in [0.29, 0.717) is 11.3 Å². The van der Waals surface area contributed by atoms with Crippen molar-refractivity contribution >= 4 is 52.0 Å². The van der Waals surface area contributed by atoms with Crippen molar-refractivity contribution in [3.63, 3.8) is 0 Å². The molecular formula is C16H14Cl2N4O2. The Balaban J connectivity index is 2.57. The van der Waals surface area contributed by atoms with Gasteiger partial charge in [0, 0.05) is 28.7 Å². The molecule has 24 heavy (non-hydrogen) atoms. The molecule has 0 atom stereocenters. The first kappa shape index (κ1) is 17.9. The normalized spacial score (nSPS) is 10.3. The van der Waals surface area contributed by atoms with E-state index in [-0.39, 0.29) is 33.6 Å². The topological polar surface area (TPSA) is 109 Å². The fourth-order valence-electron chi connectivity index (χ4n) is 2.20. The maximum absolute atomic E-state index is 12.9. The molecule has 4 N–H and O–H groups in total. The Hall–Kier alpha value is -2.44. The van der Waals surface area contributed by atoms with E-state index in [9.17, 15) is 9.59 Å². The largest absolute Gasteiger partial charge is 0.398 e. The van der Waals surface area contributed by atoms with Gasteiger partial charge in [-0.2, -0.15) is 0 Å². The van der Waals surface area contributed by atoms with Crippen LogP contribution in [0.25, 0.3) is 0 Å². The average Bonchev–Trinajstić information content (AvgIpc) is 2.53. The average molecular weight is 365 g/mol. The molecule has 0 unspecified atom stereocenters. The first-order valence-electron chi connectivity index (χ1n) is 6.85. The van der Waals surface area contributed by atoms with Crippen molar-refractivity contribution in [2.45, 2.75) is 6.92 Å². The number of aromatic nitrogens is 1. The van der Waals surface area contributed by atoms with Gasteiger partial charge in [0.25, 0.3) is 0 Å². The minimum Gasteiger partial charge on any atom is -0.398 e. The molecule has 6 nitrogen and oxygen atoms in total. The van der Waals surface area contributed by atoms with E-state index in [4.69, 9.17) is 34.3 Å². The Morgan fingerprint density at radius 2 is 2.08 bits per heavy atom. The second kappa shape index (κ2) is 7.42. The first-order valence-corrected chi connectivity index (χ1v) is 7.76. The fourth-order valence-corrected chi connectivity index (χ4v) is 2.43. The minimum absolute atomic E-state index is 0.00836. The number of ketones is 1. The molecule has 0 bridgehead atoms. The number of pyridine rings is 1. The molecule has 0 aliphatic carbocycles. The van der Waals surface area contributed by atoms with Crippen molar-refractivity contribution in [2.75, 3.05) is 16.9 Å². The molecule has 0 saturated heterocycles. The van der Waals surface area contributed by atoms with Crippen LogP contribution in [-0.2, 0) is 4.79 Å². The highest BCUT2D eigenvalue weighted by Gasteiger charge is 2.22. The van der Waals surface area contributed by atoms with Gasteiger partial charge in [-0.1, -0.05) is 23.7 Å². The lowest BCUT2D eigenvalue weighted by Crippen LogP contribution is -2.18. The highest BCUT2D eigenvalue weighted by atomic mass is 35.5. The smallest absolute Gasteiger partial charge is 0.239 e. The fraction of sp³-hybridized carbons (Fsp3) is 0.125. The monoisotopic (exact) mass is 364 g/mol. The van der Waals surface area contributed by atoms with Crippen LogP contribution in [0.3, 0.4) is 0 Å². The molecule has 2 aromatic rings. The van der Waals surface area contributed by atoms with Gasteiger partial charge in [0.2, 0.25) is 11.7 Å². The maximum Gasteiger partial charge on any atom is 0.239 e. The van der Waals surface area contributed by atoms with Crippen molar-refractivity contribution in [3.05, 3.63) is 52.3 Å². The van der Waals surface area contributed by atoms with E-state index in [1.165, 1.54) is 19.2 Å². The van der Waals surface area contributed by atoms with Gasteiger partial charge in [0.15, 0.2) is 0 Å². The molecule has 0 aliphatic heterocycles. The number of benzene rings is 1. The van der Waals surface area contributed by atoms with Crippen LogP contribution in [0.5, 0.6) is 0 Å². The third-order valence-electron chi connectivity index (χ3n) is 3.18. The van der Waals surface area contributed by atoms with E-state index in [1.54, 1.807) is 18.2 Å². The Kier molecular flexibility index (Phi) is 5.54. The van der Waals surface area contributed by atoms with Crippen LogP contribution in [-0.4, -0.2) is 28.3 Å². The van der Waals surface area contributed by atoms with Crippen LogP contribution < -0.4 is 11.1 Å². The summed E-state index contributed by atoms with van der Waals surface area (Å²) in [5.41, 5.74) is 7.03. The minimum atomic E-state index is -0.495. The molecule has 0 radical (unpaired) electrons. The van der Waals surface area contributed by atoms with E-state index in [1.807, 2.05) is 0 Å². The number of nitrogen functional groups attached to an aromatic ring is 1. The zero-order chi connectivity index (χ0) is 17.9. The first-order chi connectivity index (χ1) is 11.3. The number of nitrogens with zero attached hydrogens (tertiary/aromatic N) is 1. The lowest BCUT2D eigenvalue weighted by molar-refractivity contribution is -0.113. The molecule has 1 aromatic heterocycles. The second-order valence-corrected chi connectivity index (χ2v) is 5.66. The lowest BCUT2D eigenvalue weighted by Gasteiger charge is -2.13. The molecule has 0 spiro atoms. The van der Waals surface area contributed by atoms with Gasteiger partial charge in [-0.25, -0.2) is 4.98 Å². The Labute approximate surface area is 148 Å². The number of hydrogen-bond acceptors (Lipinski definition) is 5. The predicted molar refractivity (Wildman–Crippen MR) is 95.4 cm³/mol. The number of rotatable bonds is 5. The van der Waals surface area contributed by atoms with Crippen LogP contribution in [0.4, 0.5) is 11.4 Å². The van der Waals surface area contributed by atoms with Crippen LogP contribution in [0.1, 0.15) is 28.5 Å². The van der Waals surface area contributed by atoms with Gasteiger partial charge in [0.05, 0.1) is 10.7 Å². The van der Waals surface area contributed by atoms with Gasteiger partial charge in [-0.05, 0) is 19.1 Å². The number of anilines is 2. The summed E-state index contributed by atoms with van der Waals surface area (Å²) in [5.74, 6) is -1.25. The number of nitrogens with two attached hydrogens (primary N) is 1. The number of carbonyl (C=O) groups is 2. The highest BCUT2D eigenvalue weighted by molar-refractivity contribution is 6.32. The molecule has 124 valence electrons. The molecule has 0 aliphatic rings. The summed E-state index contributed by atoms with van der Waals surface area (Å²) in [7, 11) is 0. The van der Waals surface area contributed by atoms with Gasteiger partial charge in [-0.15, -0.1) is 11.6 Å². The van der Waals surface area contributed by atoms with E-state index in [2.05, 4.69) is 10.3 Å². The highest BCUT2D eigenvalue weighted by Crippen LogP contribution is 2.25.